The lowest BCUT2D eigenvalue weighted by Gasteiger charge is -2.23. The average Bonchev–Trinajstić information content (AvgIpc) is 2.43. The number of ether oxygens (including phenoxy) is 2. The normalized spacial score (nSPS) is 21.9. The second-order valence-corrected chi connectivity index (χ2v) is 4.80. The van der Waals surface area contributed by atoms with Crippen molar-refractivity contribution in [2.75, 3.05) is 19.8 Å². The van der Waals surface area contributed by atoms with Crippen molar-refractivity contribution in [3.63, 3.8) is 0 Å². The highest BCUT2D eigenvalue weighted by atomic mass is 16.5. The van der Waals surface area contributed by atoms with Gasteiger partial charge in [-0.25, -0.2) is 0 Å². The highest BCUT2D eigenvalue weighted by molar-refractivity contribution is 5.98. The van der Waals surface area contributed by atoms with Gasteiger partial charge in [0.15, 0.2) is 5.78 Å². The zero-order valence-corrected chi connectivity index (χ0v) is 11.2. The third kappa shape index (κ3) is 5.77. The molecular formula is C13H20O7. The van der Waals surface area contributed by atoms with Crippen LogP contribution in [-0.4, -0.2) is 60.3 Å². The molecule has 0 spiro atoms. The summed E-state index contributed by atoms with van der Waals surface area (Å²) in [5.74, 6) is -3.27. The first-order valence-corrected chi connectivity index (χ1v) is 6.61. The van der Waals surface area contributed by atoms with E-state index in [4.69, 9.17) is 14.6 Å². The van der Waals surface area contributed by atoms with Gasteiger partial charge in [-0.1, -0.05) is 0 Å². The number of aliphatic hydroxyl groups excluding tert-OH is 1. The number of carbonyl (C=O) groups is 3. The van der Waals surface area contributed by atoms with Gasteiger partial charge in [0.05, 0.1) is 18.8 Å². The fraction of sp³-hybridized carbons (Fsp3) is 0.769. The van der Waals surface area contributed by atoms with Crippen molar-refractivity contribution in [3.8, 4) is 0 Å². The number of Topliss-reactive ketones (excluding diaryl/α,β-unsaturated/α-hetero) is 1. The number of ketones is 1. The van der Waals surface area contributed by atoms with Crippen LogP contribution in [0.25, 0.3) is 0 Å². The zero-order chi connectivity index (χ0) is 15.0. The topological polar surface area (TPSA) is 110 Å². The first-order chi connectivity index (χ1) is 9.54. The van der Waals surface area contributed by atoms with Crippen molar-refractivity contribution in [2.45, 2.75) is 37.9 Å². The number of rotatable bonds is 9. The molecule has 7 heteroatoms. The van der Waals surface area contributed by atoms with E-state index in [1.54, 1.807) is 0 Å². The smallest absolute Gasteiger partial charge is 0.314 e. The van der Waals surface area contributed by atoms with Gasteiger partial charge in [-0.15, -0.1) is 0 Å². The summed E-state index contributed by atoms with van der Waals surface area (Å²) in [6.07, 6.45) is 0.325. The van der Waals surface area contributed by atoms with Crippen molar-refractivity contribution in [1.29, 1.82) is 0 Å². The van der Waals surface area contributed by atoms with Crippen LogP contribution in [0.3, 0.4) is 0 Å². The number of aldehydes is 1. The van der Waals surface area contributed by atoms with E-state index < -0.39 is 23.8 Å². The largest absolute Gasteiger partial charge is 0.481 e. The van der Waals surface area contributed by atoms with Gasteiger partial charge in [0.1, 0.15) is 18.8 Å². The van der Waals surface area contributed by atoms with Crippen molar-refractivity contribution in [2.24, 2.45) is 5.92 Å². The van der Waals surface area contributed by atoms with Gasteiger partial charge >= 0.3 is 5.97 Å². The molecule has 2 N–H and O–H groups in total. The average molecular weight is 288 g/mol. The van der Waals surface area contributed by atoms with Gasteiger partial charge in [-0.05, 0) is 19.3 Å². The number of hydrogen-bond donors (Lipinski definition) is 2. The SMILES string of the molecule is O=CC[C@@H](O)CC(C(=O)O)C(=O)COC1CCCOC1. The fourth-order valence-corrected chi connectivity index (χ4v) is 1.99. The van der Waals surface area contributed by atoms with E-state index in [2.05, 4.69) is 0 Å². The molecule has 114 valence electrons. The highest BCUT2D eigenvalue weighted by Crippen LogP contribution is 2.14. The summed E-state index contributed by atoms with van der Waals surface area (Å²) in [5.41, 5.74) is 0. The molecule has 7 nitrogen and oxygen atoms in total. The molecule has 0 amide bonds. The fourth-order valence-electron chi connectivity index (χ4n) is 1.99. The maximum absolute atomic E-state index is 11.8. The molecule has 20 heavy (non-hydrogen) atoms. The summed E-state index contributed by atoms with van der Waals surface area (Å²) < 4.78 is 10.5. The Morgan fingerprint density at radius 1 is 1.45 bits per heavy atom. The Morgan fingerprint density at radius 3 is 2.75 bits per heavy atom. The summed E-state index contributed by atoms with van der Waals surface area (Å²) in [7, 11) is 0. The molecule has 0 aromatic carbocycles. The Kier molecular flexibility index (Phi) is 7.35. The Hall–Kier alpha value is -1.31. The molecule has 1 aliphatic heterocycles. The van der Waals surface area contributed by atoms with E-state index in [9.17, 15) is 19.5 Å². The molecule has 0 radical (unpaired) electrons. The van der Waals surface area contributed by atoms with E-state index in [1.807, 2.05) is 0 Å². The Balaban J connectivity index is 2.42. The number of hydrogen-bond acceptors (Lipinski definition) is 6. The van der Waals surface area contributed by atoms with Gasteiger partial charge in [0, 0.05) is 13.0 Å². The molecule has 1 aliphatic rings. The van der Waals surface area contributed by atoms with E-state index in [0.717, 1.165) is 12.8 Å². The summed E-state index contributed by atoms with van der Waals surface area (Å²) in [5, 5.41) is 18.4. The first kappa shape index (κ1) is 16.7. The Bertz CT molecular complexity index is 336. The van der Waals surface area contributed by atoms with Crippen LogP contribution in [0.2, 0.25) is 0 Å². The second kappa shape index (κ2) is 8.78. The number of carboxylic acids is 1. The molecule has 0 saturated carbocycles. The Morgan fingerprint density at radius 2 is 2.20 bits per heavy atom. The predicted molar refractivity (Wildman–Crippen MR) is 67.2 cm³/mol. The van der Waals surface area contributed by atoms with Crippen LogP contribution in [0.4, 0.5) is 0 Å². The molecule has 3 atom stereocenters. The van der Waals surface area contributed by atoms with Crippen LogP contribution < -0.4 is 0 Å². The number of carbonyl (C=O) groups excluding carboxylic acids is 2. The monoisotopic (exact) mass is 288 g/mol. The summed E-state index contributed by atoms with van der Waals surface area (Å²) in [6.45, 7) is 0.751. The lowest BCUT2D eigenvalue weighted by atomic mass is 9.96. The minimum atomic E-state index is -1.35. The van der Waals surface area contributed by atoms with Crippen LogP contribution in [0.15, 0.2) is 0 Å². The molecule has 0 aromatic rings. The summed E-state index contributed by atoms with van der Waals surface area (Å²) in [4.78, 5) is 33.1. The third-order valence-corrected chi connectivity index (χ3v) is 3.14. The van der Waals surface area contributed by atoms with E-state index in [-0.39, 0.29) is 25.6 Å². The molecule has 0 aliphatic carbocycles. The van der Waals surface area contributed by atoms with Gasteiger partial charge in [0.2, 0.25) is 0 Å². The van der Waals surface area contributed by atoms with Crippen molar-refractivity contribution >= 4 is 18.0 Å². The minimum Gasteiger partial charge on any atom is -0.481 e. The molecule has 2 unspecified atom stereocenters. The van der Waals surface area contributed by atoms with E-state index in [1.165, 1.54) is 0 Å². The van der Waals surface area contributed by atoms with Crippen LogP contribution >= 0.6 is 0 Å². The third-order valence-electron chi connectivity index (χ3n) is 3.14. The number of carboxylic acid groups (broad SMARTS) is 1. The van der Waals surface area contributed by atoms with Crippen LogP contribution in [-0.2, 0) is 23.9 Å². The molecule has 1 rings (SSSR count). The van der Waals surface area contributed by atoms with E-state index >= 15 is 0 Å². The van der Waals surface area contributed by atoms with Crippen molar-refractivity contribution in [3.05, 3.63) is 0 Å². The lowest BCUT2D eigenvalue weighted by molar-refractivity contribution is -0.151. The van der Waals surface area contributed by atoms with Crippen LogP contribution in [0.1, 0.15) is 25.7 Å². The molecule has 1 saturated heterocycles. The van der Waals surface area contributed by atoms with Crippen molar-refractivity contribution in [1.82, 2.24) is 0 Å². The van der Waals surface area contributed by atoms with E-state index in [0.29, 0.717) is 19.5 Å². The lowest BCUT2D eigenvalue weighted by Crippen LogP contribution is -2.34. The highest BCUT2D eigenvalue weighted by Gasteiger charge is 2.29. The molecule has 1 heterocycles. The van der Waals surface area contributed by atoms with Gasteiger partial charge in [-0.2, -0.15) is 0 Å². The predicted octanol–water partition coefficient (Wildman–Crippen LogP) is -0.208. The number of aliphatic carboxylic acids is 1. The molecule has 0 bridgehead atoms. The molecular weight excluding hydrogens is 268 g/mol. The first-order valence-electron chi connectivity index (χ1n) is 6.61. The van der Waals surface area contributed by atoms with Gasteiger partial charge < -0.3 is 24.5 Å². The number of aliphatic hydroxyl groups is 1. The maximum Gasteiger partial charge on any atom is 0.314 e. The molecule has 0 aromatic heterocycles. The summed E-state index contributed by atoms with van der Waals surface area (Å²) in [6, 6.07) is 0. The Labute approximate surface area is 116 Å². The minimum absolute atomic E-state index is 0.186. The summed E-state index contributed by atoms with van der Waals surface area (Å²) >= 11 is 0. The standard InChI is InChI=1S/C13H20O7/c14-4-3-9(15)6-11(13(17)18)12(16)8-20-10-2-1-5-19-7-10/h4,9-11,15H,1-3,5-8H2,(H,17,18)/t9-,10?,11?/m1/s1. The zero-order valence-electron chi connectivity index (χ0n) is 11.2. The van der Waals surface area contributed by atoms with Gasteiger partial charge in [0.25, 0.3) is 0 Å². The quantitative estimate of drug-likeness (QED) is 0.446. The van der Waals surface area contributed by atoms with Crippen LogP contribution in [0.5, 0.6) is 0 Å². The van der Waals surface area contributed by atoms with Crippen LogP contribution in [0, 0.1) is 5.92 Å². The molecule has 1 fully saturated rings. The van der Waals surface area contributed by atoms with Gasteiger partial charge in [-0.3, -0.25) is 9.59 Å². The second-order valence-electron chi connectivity index (χ2n) is 4.80. The maximum atomic E-state index is 11.8. The van der Waals surface area contributed by atoms with Crippen molar-refractivity contribution < 1.29 is 34.1 Å².